The zero-order chi connectivity index (χ0) is 22.2. The van der Waals surface area contributed by atoms with Gasteiger partial charge in [-0.15, -0.1) is 0 Å². The van der Waals surface area contributed by atoms with Crippen molar-refractivity contribution in [3.8, 4) is 0 Å². The smallest absolute Gasteiger partial charge is 0.330 e. The second-order valence-corrected chi connectivity index (χ2v) is 7.04. The van der Waals surface area contributed by atoms with Crippen LogP contribution in [0.2, 0.25) is 0 Å². The van der Waals surface area contributed by atoms with Crippen LogP contribution >= 0.6 is 0 Å². The van der Waals surface area contributed by atoms with E-state index in [9.17, 15) is 19.7 Å². The minimum Gasteiger partial charge on any atom is -0.466 e. The van der Waals surface area contributed by atoms with Crippen LogP contribution in [-0.4, -0.2) is 61.5 Å². The molecule has 0 spiro atoms. The Morgan fingerprint density at radius 1 is 1.13 bits per heavy atom. The summed E-state index contributed by atoms with van der Waals surface area (Å²) in [6, 6.07) is 14.1. The Morgan fingerprint density at radius 3 is 2.48 bits per heavy atom. The number of methoxy groups -OCH3 is 1. The predicted molar refractivity (Wildman–Crippen MR) is 118 cm³/mol. The lowest BCUT2D eigenvalue weighted by Gasteiger charge is -2.35. The standard InChI is InChI=1S/C22H24N4O5/c1-31-22(28)10-8-17-7-9-19(20(15-17)26(29)30)25-13-11-24(12-14-25)16-21(27)23-18-5-3-2-4-6-18/h2-10,15H,11-14,16H2,1H3,(H,23,27). The highest BCUT2D eigenvalue weighted by atomic mass is 16.6. The number of nitro benzene ring substituents is 1. The minimum atomic E-state index is -0.529. The molecular weight excluding hydrogens is 400 g/mol. The van der Waals surface area contributed by atoms with E-state index >= 15 is 0 Å². The largest absolute Gasteiger partial charge is 0.466 e. The third-order valence-corrected chi connectivity index (χ3v) is 4.95. The molecule has 0 aliphatic carbocycles. The SMILES string of the molecule is COC(=O)C=Cc1ccc(N2CCN(CC(=O)Nc3ccccc3)CC2)c([N+](=O)[O-])c1. The number of nitro groups is 1. The second kappa shape index (κ2) is 10.4. The first kappa shape index (κ1) is 22.0. The lowest BCUT2D eigenvalue weighted by molar-refractivity contribution is -0.384. The normalized spacial score (nSPS) is 14.4. The third-order valence-electron chi connectivity index (χ3n) is 4.95. The summed E-state index contributed by atoms with van der Waals surface area (Å²) < 4.78 is 4.54. The van der Waals surface area contributed by atoms with Gasteiger partial charge in [-0.1, -0.05) is 24.3 Å². The maximum Gasteiger partial charge on any atom is 0.330 e. The van der Waals surface area contributed by atoms with Gasteiger partial charge in [0.25, 0.3) is 5.69 Å². The number of esters is 1. The van der Waals surface area contributed by atoms with Crippen molar-refractivity contribution in [3.63, 3.8) is 0 Å². The number of para-hydroxylation sites is 1. The molecule has 1 aliphatic heterocycles. The molecular formula is C22H24N4O5. The molecule has 1 fully saturated rings. The maximum atomic E-state index is 12.2. The monoisotopic (exact) mass is 424 g/mol. The van der Waals surface area contributed by atoms with Crippen LogP contribution in [0.5, 0.6) is 0 Å². The first-order chi connectivity index (χ1) is 15.0. The van der Waals surface area contributed by atoms with Crippen LogP contribution in [0.25, 0.3) is 6.08 Å². The van der Waals surface area contributed by atoms with E-state index in [0.29, 0.717) is 37.4 Å². The van der Waals surface area contributed by atoms with E-state index in [4.69, 9.17) is 0 Å². The lowest BCUT2D eigenvalue weighted by atomic mass is 10.1. The van der Waals surface area contributed by atoms with Crippen molar-refractivity contribution in [2.24, 2.45) is 0 Å². The molecule has 1 heterocycles. The third kappa shape index (κ3) is 6.13. The number of piperazine rings is 1. The summed E-state index contributed by atoms with van der Waals surface area (Å²) in [4.78, 5) is 38.6. The van der Waals surface area contributed by atoms with Crippen LogP contribution in [0, 0.1) is 10.1 Å². The average molecular weight is 424 g/mol. The number of carbonyl (C=O) groups is 2. The highest BCUT2D eigenvalue weighted by molar-refractivity contribution is 5.92. The van der Waals surface area contributed by atoms with Crippen LogP contribution in [0.4, 0.5) is 17.1 Å². The average Bonchev–Trinajstić information content (AvgIpc) is 2.78. The van der Waals surface area contributed by atoms with Gasteiger partial charge in [0.1, 0.15) is 5.69 Å². The second-order valence-electron chi connectivity index (χ2n) is 7.04. The highest BCUT2D eigenvalue weighted by Gasteiger charge is 2.24. The molecule has 1 amide bonds. The van der Waals surface area contributed by atoms with Gasteiger partial charge < -0.3 is 15.0 Å². The number of ether oxygens (including phenoxy) is 1. The summed E-state index contributed by atoms with van der Waals surface area (Å²) in [6.45, 7) is 2.63. The molecule has 1 aliphatic rings. The van der Waals surface area contributed by atoms with Crippen molar-refractivity contribution < 1.29 is 19.2 Å². The number of nitrogens with zero attached hydrogens (tertiary/aromatic N) is 3. The van der Waals surface area contributed by atoms with Gasteiger partial charge in [0.2, 0.25) is 5.91 Å². The van der Waals surface area contributed by atoms with E-state index < -0.39 is 10.9 Å². The van der Waals surface area contributed by atoms with E-state index in [1.54, 1.807) is 12.1 Å². The lowest BCUT2D eigenvalue weighted by Crippen LogP contribution is -2.48. The molecule has 2 aromatic carbocycles. The van der Waals surface area contributed by atoms with E-state index in [0.717, 1.165) is 5.69 Å². The fraction of sp³-hybridized carbons (Fsp3) is 0.273. The molecule has 31 heavy (non-hydrogen) atoms. The Morgan fingerprint density at radius 2 is 1.84 bits per heavy atom. The van der Waals surface area contributed by atoms with Crippen LogP contribution in [-0.2, 0) is 14.3 Å². The first-order valence-electron chi connectivity index (χ1n) is 9.83. The summed E-state index contributed by atoms with van der Waals surface area (Å²) in [5.74, 6) is -0.619. The van der Waals surface area contributed by atoms with Crippen molar-refractivity contribution in [3.05, 3.63) is 70.3 Å². The molecule has 1 saturated heterocycles. The number of hydrogen-bond acceptors (Lipinski definition) is 7. The molecule has 0 unspecified atom stereocenters. The Hall–Kier alpha value is -3.72. The van der Waals surface area contributed by atoms with Gasteiger partial charge in [0.15, 0.2) is 0 Å². The zero-order valence-corrected chi connectivity index (χ0v) is 17.2. The number of hydrogen-bond donors (Lipinski definition) is 1. The quantitative estimate of drug-likeness (QED) is 0.315. The molecule has 162 valence electrons. The van der Waals surface area contributed by atoms with Crippen molar-refractivity contribution in [1.29, 1.82) is 0 Å². The number of benzene rings is 2. The maximum absolute atomic E-state index is 12.2. The molecule has 0 aromatic heterocycles. The summed E-state index contributed by atoms with van der Waals surface area (Å²) in [5.41, 5.74) is 1.79. The topological polar surface area (TPSA) is 105 Å². The Balaban J connectivity index is 1.60. The van der Waals surface area contributed by atoms with Crippen LogP contribution < -0.4 is 10.2 Å². The van der Waals surface area contributed by atoms with E-state index in [1.807, 2.05) is 40.1 Å². The number of anilines is 2. The van der Waals surface area contributed by atoms with Gasteiger partial charge in [0.05, 0.1) is 18.6 Å². The fourth-order valence-corrected chi connectivity index (χ4v) is 3.36. The van der Waals surface area contributed by atoms with Gasteiger partial charge in [-0.2, -0.15) is 0 Å². The molecule has 9 heteroatoms. The molecule has 2 aromatic rings. The van der Waals surface area contributed by atoms with Gasteiger partial charge in [-0.3, -0.25) is 19.8 Å². The van der Waals surface area contributed by atoms with Gasteiger partial charge >= 0.3 is 5.97 Å². The molecule has 1 N–H and O–H groups in total. The van der Waals surface area contributed by atoms with E-state index in [-0.39, 0.29) is 18.1 Å². The van der Waals surface area contributed by atoms with Crippen LogP contribution in [0.1, 0.15) is 5.56 Å². The molecule has 0 atom stereocenters. The van der Waals surface area contributed by atoms with Gasteiger partial charge in [-0.05, 0) is 29.8 Å². The Labute approximate surface area is 180 Å². The fourth-order valence-electron chi connectivity index (χ4n) is 3.36. The summed E-state index contributed by atoms with van der Waals surface area (Å²) in [5, 5.41) is 14.5. The first-order valence-corrected chi connectivity index (χ1v) is 9.83. The van der Waals surface area contributed by atoms with Crippen molar-refractivity contribution >= 4 is 35.0 Å². The highest BCUT2D eigenvalue weighted by Crippen LogP contribution is 2.30. The molecule has 9 nitrogen and oxygen atoms in total. The Bertz CT molecular complexity index is 969. The van der Waals surface area contributed by atoms with Crippen molar-refractivity contribution in [1.82, 2.24) is 4.90 Å². The zero-order valence-electron chi connectivity index (χ0n) is 17.2. The van der Waals surface area contributed by atoms with Gasteiger partial charge in [-0.25, -0.2) is 4.79 Å². The van der Waals surface area contributed by atoms with E-state index in [1.165, 1.54) is 25.3 Å². The predicted octanol–water partition coefficient (Wildman–Crippen LogP) is 2.54. The van der Waals surface area contributed by atoms with E-state index in [2.05, 4.69) is 10.1 Å². The number of carbonyl (C=O) groups excluding carboxylic acids is 2. The Kier molecular flexibility index (Phi) is 7.34. The number of nitrogens with one attached hydrogen (secondary N) is 1. The molecule has 3 rings (SSSR count). The summed E-state index contributed by atoms with van der Waals surface area (Å²) >= 11 is 0. The molecule has 0 bridgehead atoms. The summed E-state index contributed by atoms with van der Waals surface area (Å²) in [7, 11) is 1.27. The number of rotatable bonds is 7. The van der Waals surface area contributed by atoms with Crippen LogP contribution in [0.15, 0.2) is 54.6 Å². The molecule has 0 radical (unpaired) electrons. The molecule has 0 saturated carbocycles. The summed E-state index contributed by atoms with van der Waals surface area (Å²) in [6.07, 6.45) is 2.70. The minimum absolute atomic E-state index is 0.0257. The number of amides is 1. The van der Waals surface area contributed by atoms with Crippen LogP contribution in [0.3, 0.4) is 0 Å². The van der Waals surface area contributed by atoms with Crippen molar-refractivity contribution in [2.75, 3.05) is 50.1 Å². The van der Waals surface area contributed by atoms with Crippen molar-refractivity contribution in [2.45, 2.75) is 0 Å². The van der Waals surface area contributed by atoms with Gasteiger partial charge in [0, 0.05) is 44.0 Å².